The highest BCUT2D eigenvalue weighted by Gasteiger charge is 2.39. The summed E-state index contributed by atoms with van der Waals surface area (Å²) in [6.07, 6.45) is 1.38. The molecular weight excluding hydrogens is 646 g/mol. The molecule has 0 radical (unpaired) electrons. The Hall–Kier alpha value is -4.77. The number of primary amides is 1. The molecule has 7 amide bonds. The topological polar surface area (TPSA) is 262 Å². The molecule has 2 fully saturated rings. The zero-order chi connectivity index (χ0) is 36.9. The lowest BCUT2D eigenvalue weighted by Crippen LogP contribution is -2.54. The number of carbonyl (C=O) groups is 9. The second-order valence-electron chi connectivity index (χ2n) is 13.0. The number of likely N-dealkylation sites (N-methyl/N-ethyl adjacent to an activating group) is 1. The summed E-state index contributed by atoms with van der Waals surface area (Å²) in [7, 11) is 1.33. The summed E-state index contributed by atoms with van der Waals surface area (Å²) < 4.78 is 10.2. The Bertz CT molecular complexity index is 1280. The average Bonchev–Trinajstić information content (AvgIpc) is 3.42. The summed E-state index contributed by atoms with van der Waals surface area (Å²) in [6, 6.07) is -3.49. The molecule has 2 rings (SSSR count). The number of nitrogens with two attached hydrogens (primary N) is 1. The molecule has 0 spiro atoms. The van der Waals surface area contributed by atoms with Crippen molar-refractivity contribution in [1.82, 2.24) is 31.5 Å². The molecule has 0 aromatic carbocycles. The Morgan fingerprint density at radius 3 is 2.14 bits per heavy atom. The van der Waals surface area contributed by atoms with Crippen molar-refractivity contribution in [3.63, 3.8) is 0 Å². The SMILES string of the molecule is CNC(=O)C(CC[C@H](NC(=O)OC(C)(C)C)C(=O)NCC(=O)N1CC(=O)C[C@H]1C(=O)NCC(=O)N[C@H](C(N)=O)C1CCCCC1)OC(C)=O. The van der Waals surface area contributed by atoms with Crippen LogP contribution in [0, 0.1) is 5.92 Å². The maximum atomic E-state index is 13.2. The monoisotopic (exact) mass is 695 g/mol. The van der Waals surface area contributed by atoms with E-state index in [4.69, 9.17) is 15.2 Å². The van der Waals surface area contributed by atoms with E-state index in [1.807, 2.05) is 0 Å². The number of carbonyl (C=O) groups excluding carboxylic acids is 9. The van der Waals surface area contributed by atoms with Crippen molar-refractivity contribution in [3.8, 4) is 0 Å². The van der Waals surface area contributed by atoms with Crippen LogP contribution in [0.15, 0.2) is 0 Å². The number of nitrogens with zero attached hydrogens (tertiary/aromatic N) is 1. The highest BCUT2D eigenvalue weighted by Crippen LogP contribution is 2.26. The first kappa shape index (κ1) is 40.4. The number of hydrogen-bond acceptors (Lipinski definition) is 11. The minimum Gasteiger partial charge on any atom is -0.452 e. The second kappa shape index (κ2) is 18.7. The van der Waals surface area contributed by atoms with E-state index < -0.39 is 103 Å². The molecule has 18 heteroatoms. The lowest BCUT2D eigenvalue weighted by molar-refractivity contribution is -0.154. The molecule has 7 N–H and O–H groups in total. The smallest absolute Gasteiger partial charge is 0.408 e. The molecule has 2 aliphatic rings. The molecule has 4 atom stereocenters. The van der Waals surface area contributed by atoms with Crippen LogP contribution in [-0.2, 0) is 47.8 Å². The fraction of sp³-hybridized carbons (Fsp3) is 0.710. The van der Waals surface area contributed by atoms with Gasteiger partial charge in [-0.2, -0.15) is 0 Å². The summed E-state index contributed by atoms with van der Waals surface area (Å²) >= 11 is 0. The van der Waals surface area contributed by atoms with E-state index >= 15 is 0 Å². The largest absolute Gasteiger partial charge is 0.452 e. The van der Waals surface area contributed by atoms with Crippen LogP contribution >= 0.6 is 0 Å². The van der Waals surface area contributed by atoms with Gasteiger partial charge in [-0.25, -0.2) is 4.79 Å². The van der Waals surface area contributed by atoms with E-state index in [0.717, 1.165) is 43.9 Å². The van der Waals surface area contributed by atoms with Crippen molar-refractivity contribution in [2.24, 2.45) is 11.7 Å². The van der Waals surface area contributed by atoms with Gasteiger partial charge < -0.3 is 46.7 Å². The zero-order valence-corrected chi connectivity index (χ0v) is 28.7. The number of hydrogen-bond donors (Lipinski definition) is 6. The predicted molar refractivity (Wildman–Crippen MR) is 171 cm³/mol. The number of rotatable bonds is 15. The number of ether oxygens (including phenoxy) is 2. The van der Waals surface area contributed by atoms with E-state index in [9.17, 15) is 43.2 Å². The normalized spacial score (nSPS) is 18.3. The number of likely N-dealkylation sites (tertiary alicyclic amines) is 1. The summed E-state index contributed by atoms with van der Waals surface area (Å²) in [5, 5.41) is 12.0. The van der Waals surface area contributed by atoms with Crippen LogP contribution < -0.4 is 32.3 Å². The Kier molecular flexibility index (Phi) is 15.4. The molecule has 1 aliphatic carbocycles. The van der Waals surface area contributed by atoms with Gasteiger partial charge in [0, 0.05) is 20.4 Å². The fourth-order valence-corrected chi connectivity index (χ4v) is 5.61. The van der Waals surface area contributed by atoms with Crippen molar-refractivity contribution >= 4 is 53.3 Å². The van der Waals surface area contributed by atoms with E-state index in [2.05, 4.69) is 26.6 Å². The summed E-state index contributed by atoms with van der Waals surface area (Å²) in [5.74, 6) is -5.69. The first-order valence-electron chi connectivity index (χ1n) is 16.2. The molecule has 0 bridgehead atoms. The molecule has 1 heterocycles. The van der Waals surface area contributed by atoms with Crippen molar-refractivity contribution < 1.29 is 52.6 Å². The van der Waals surface area contributed by atoms with Crippen LogP contribution in [0.1, 0.15) is 79.1 Å². The van der Waals surface area contributed by atoms with Crippen molar-refractivity contribution in [3.05, 3.63) is 0 Å². The van der Waals surface area contributed by atoms with Crippen LogP contribution in [0.3, 0.4) is 0 Å². The van der Waals surface area contributed by atoms with Crippen LogP contribution in [0.2, 0.25) is 0 Å². The van der Waals surface area contributed by atoms with E-state index in [0.29, 0.717) is 0 Å². The molecule has 1 aliphatic heterocycles. The highest BCUT2D eigenvalue weighted by molar-refractivity contribution is 6.01. The van der Waals surface area contributed by atoms with Gasteiger partial charge in [0.15, 0.2) is 11.9 Å². The average molecular weight is 696 g/mol. The third-order valence-corrected chi connectivity index (χ3v) is 7.92. The summed E-state index contributed by atoms with van der Waals surface area (Å²) in [4.78, 5) is 113. The fourth-order valence-electron chi connectivity index (χ4n) is 5.61. The number of amides is 7. The number of nitrogens with one attached hydrogen (secondary N) is 5. The van der Waals surface area contributed by atoms with Crippen LogP contribution in [0.4, 0.5) is 4.79 Å². The maximum absolute atomic E-state index is 13.2. The van der Waals surface area contributed by atoms with Gasteiger partial charge in [0.1, 0.15) is 23.7 Å². The molecule has 0 aromatic heterocycles. The van der Waals surface area contributed by atoms with E-state index in [1.165, 1.54) is 7.05 Å². The standard InChI is InChI=1S/C31H49N7O11/c1-17(39)48-22(29(46)33-5)12-11-20(36-30(47)49-31(2,3)4)27(44)35-15-24(42)38-16-19(40)13-21(38)28(45)34-14-23(41)37-25(26(32)43)18-9-7-6-8-10-18/h18,20-22,25H,6-16H2,1-5H3,(H2,32,43)(H,33,46)(H,34,45)(H,35,44)(H,36,47)(H,37,41)/t20-,21-,22?,25-/m0/s1. The Labute approximate surface area is 284 Å². The van der Waals surface area contributed by atoms with Crippen molar-refractivity contribution in [2.75, 3.05) is 26.7 Å². The van der Waals surface area contributed by atoms with Gasteiger partial charge in [0.2, 0.25) is 29.5 Å². The molecule has 1 saturated heterocycles. The first-order chi connectivity index (χ1) is 22.9. The van der Waals surface area contributed by atoms with Gasteiger partial charge >= 0.3 is 12.1 Å². The van der Waals surface area contributed by atoms with Gasteiger partial charge in [-0.3, -0.25) is 38.4 Å². The lowest BCUT2D eigenvalue weighted by Gasteiger charge is -2.29. The molecule has 1 saturated carbocycles. The van der Waals surface area contributed by atoms with Crippen molar-refractivity contribution in [2.45, 2.75) is 109 Å². The number of Topliss-reactive ketones (excluding diaryl/α,β-unsaturated/α-hetero) is 1. The quantitative estimate of drug-likeness (QED) is 0.105. The Morgan fingerprint density at radius 2 is 1.57 bits per heavy atom. The molecule has 49 heavy (non-hydrogen) atoms. The molecule has 274 valence electrons. The predicted octanol–water partition coefficient (Wildman–Crippen LogP) is -1.71. The molecule has 18 nitrogen and oxygen atoms in total. The number of alkyl carbamates (subject to hydrolysis) is 1. The lowest BCUT2D eigenvalue weighted by atomic mass is 9.83. The molecule has 0 aromatic rings. The van der Waals surface area contributed by atoms with Crippen LogP contribution in [-0.4, -0.2) is 115 Å². The van der Waals surface area contributed by atoms with E-state index in [-0.39, 0.29) is 25.2 Å². The Morgan fingerprint density at radius 1 is 0.918 bits per heavy atom. The minimum absolute atomic E-state index is 0.105. The number of ketones is 1. The van der Waals surface area contributed by atoms with Gasteiger partial charge in [-0.05, 0) is 52.4 Å². The van der Waals surface area contributed by atoms with Gasteiger partial charge in [-0.1, -0.05) is 19.3 Å². The summed E-state index contributed by atoms with van der Waals surface area (Å²) in [5.41, 5.74) is 4.59. The van der Waals surface area contributed by atoms with Gasteiger partial charge in [0.25, 0.3) is 5.91 Å². The summed E-state index contributed by atoms with van der Waals surface area (Å²) in [6.45, 7) is 4.30. The zero-order valence-electron chi connectivity index (χ0n) is 28.7. The third kappa shape index (κ3) is 13.7. The van der Waals surface area contributed by atoms with Gasteiger partial charge in [0.05, 0.1) is 19.6 Å². The highest BCUT2D eigenvalue weighted by atomic mass is 16.6. The molecule has 1 unspecified atom stereocenters. The second-order valence-corrected chi connectivity index (χ2v) is 13.0. The molecular formula is C31H49N7O11. The first-order valence-corrected chi connectivity index (χ1v) is 16.2. The van der Waals surface area contributed by atoms with E-state index in [1.54, 1.807) is 20.8 Å². The minimum atomic E-state index is -1.35. The number of esters is 1. The van der Waals surface area contributed by atoms with Gasteiger partial charge in [-0.15, -0.1) is 0 Å². The maximum Gasteiger partial charge on any atom is 0.408 e. The third-order valence-electron chi connectivity index (χ3n) is 7.92. The van der Waals surface area contributed by atoms with Crippen LogP contribution in [0.25, 0.3) is 0 Å². The van der Waals surface area contributed by atoms with Crippen molar-refractivity contribution in [1.29, 1.82) is 0 Å². The van der Waals surface area contributed by atoms with Crippen LogP contribution in [0.5, 0.6) is 0 Å². The Balaban J connectivity index is 2.03.